The highest BCUT2D eigenvalue weighted by molar-refractivity contribution is 7.99. The second-order valence-corrected chi connectivity index (χ2v) is 6.46. The van der Waals surface area contributed by atoms with E-state index in [2.05, 4.69) is 30.2 Å². The molecule has 1 aromatic rings. The van der Waals surface area contributed by atoms with Crippen molar-refractivity contribution < 1.29 is 4.92 Å². The van der Waals surface area contributed by atoms with Gasteiger partial charge in [0.05, 0.1) is 4.92 Å². The Hall–Kier alpha value is -1.11. The average Bonchev–Trinajstić information content (AvgIpc) is 2.82. The largest absolute Gasteiger partial charge is 0.304 e. The van der Waals surface area contributed by atoms with Gasteiger partial charge in [0.2, 0.25) is 0 Å². The summed E-state index contributed by atoms with van der Waals surface area (Å²) in [5, 5.41) is 11.6. The molecule has 2 atom stereocenters. The van der Waals surface area contributed by atoms with E-state index in [1.54, 1.807) is 12.1 Å². The number of hydrogen-bond acceptors (Lipinski definition) is 5. The molecule has 0 amide bonds. The number of rotatable bonds is 5. The molecular weight excluding hydrogens is 274 g/mol. The Labute approximate surface area is 124 Å². The first-order chi connectivity index (χ1) is 9.52. The maximum absolute atomic E-state index is 11.1. The van der Waals surface area contributed by atoms with Crippen LogP contribution in [0, 0.1) is 10.1 Å². The Kier molecular flexibility index (Phi) is 5.01. The summed E-state index contributed by atoms with van der Waals surface area (Å²) in [5.41, 5.74) is 1.03. The van der Waals surface area contributed by atoms with Crippen LogP contribution in [-0.4, -0.2) is 59.5 Å². The van der Waals surface area contributed by atoms with E-state index in [1.165, 1.54) is 0 Å². The fourth-order valence-electron chi connectivity index (χ4n) is 2.75. The van der Waals surface area contributed by atoms with Gasteiger partial charge in [-0.05, 0) is 20.4 Å². The zero-order valence-electron chi connectivity index (χ0n) is 12.2. The molecule has 0 aliphatic carbocycles. The van der Waals surface area contributed by atoms with Gasteiger partial charge in [-0.2, -0.15) is 11.8 Å². The molecule has 1 aliphatic rings. The van der Waals surface area contributed by atoms with Crippen molar-refractivity contribution in [2.75, 3.05) is 33.4 Å². The lowest BCUT2D eigenvalue weighted by molar-refractivity contribution is -0.385. The van der Waals surface area contributed by atoms with Gasteiger partial charge >= 0.3 is 0 Å². The number of nitrogens with zero attached hydrogens (tertiary/aromatic N) is 3. The Morgan fingerprint density at radius 2 is 2.10 bits per heavy atom. The molecule has 0 saturated carbocycles. The molecule has 20 heavy (non-hydrogen) atoms. The van der Waals surface area contributed by atoms with E-state index in [9.17, 15) is 10.1 Å². The summed E-state index contributed by atoms with van der Waals surface area (Å²) in [7, 11) is 4.20. The summed E-state index contributed by atoms with van der Waals surface area (Å²) in [4.78, 5) is 15.3. The molecule has 1 fully saturated rings. The number of likely N-dealkylation sites (tertiary alicyclic amines) is 1. The van der Waals surface area contributed by atoms with Crippen LogP contribution in [0.15, 0.2) is 24.3 Å². The lowest BCUT2D eigenvalue weighted by Crippen LogP contribution is -2.36. The average molecular weight is 295 g/mol. The Bertz CT molecular complexity index is 481. The fourth-order valence-corrected chi connectivity index (χ4v) is 3.76. The maximum atomic E-state index is 11.1. The third kappa shape index (κ3) is 3.31. The zero-order valence-corrected chi connectivity index (χ0v) is 13.0. The van der Waals surface area contributed by atoms with Gasteiger partial charge in [-0.1, -0.05) is 18.2 Å². The minimum absolute atomic E-state index is 0.224. The number of benzene rings is 1. The molecule has 1 saturated heterocycles. The van der Waals surface area contributed by atoms with Crippen LogP contribution >= 0.6 is 11.8 Å². The summed E-state index contributed by atoms with van der Waals surface area (Å²) in [5.74, 6) is 0. The monoisotopic (exact) mass is 295 g/mol. The Morgan fingerprint density at radius 1 is 1.40 bits per heavy atom. The standard InChI is InChI=1S/C14H21N3O2S/c1-15(2)13-9-16(10-14(13)20-3)8-11-6-4-5-7-12(11)17(18)19/h4-7,13-14H,8-10H2,1-3H3. The van der Waals surface area contributed by atoms with Crippen LogP contribution in [0.3, 0.4) is 0 Å². The van der Waals surface area contributed by atoms with E-state index in [-0.39, 0.29) is 10.6 Å². The lowest BCUT2D eigenvalue weighted by atomic mass is 10.1. The zero-order chi connectivity index (χ0) is 14.7. The number of thioether (sulfide) groups is 1. The van der Waals surface area contributed by atoms with Gasteiger partial charge in [0.25, 0.3) is 5.69 Å². The normalized spacial score (nSPS) is 23.4. The minimum atomic E-state index is -0.291. The number of likely N-dealkylation sites (N-methyl/N-ethyl adjacent to an activating group) is 1. The van der Waals surface area contributed by atoms with E-state index < -0.39 is 0 Å². The predicted octanol–water partition coefficient (Wildman–Crippen LogP) is 2.07. The van der Waals surface area contributed by atoms with E-state index in [1.807, 2.05) is 23.9 Å². The van der Waals surface area contributed by atoms with Gasteiger partial charge in [-0.15, -0.1) is 0 Å². The third-order valence-corrected chi connectivity index (χ3v) is 4.93. The number of para-hydroxylation sites is 1. The molecule has 6 heteroatoms. The summed E-state index contributed by atoms with van der Waals surface area (Å²) in [6.07, 6.45) is 2.13. The van der Waals surface area contributed by atoms with Crippen molar-refractivity contribution in [2.45, 2.75) is 17.8 Å². The summed E-state index contributed by atoms with van der Waals surface area (Å²) < 4.78 is 0. The van der Waals surface area contributed by atoms with E-state index in [4.69, 9.17) is 0 Å². The summed E-state index contributed by atoms with van der Waals surface area (Å²) in [6.45, 7) is 2.60. The van der Waals surface area contributed by atoms with Crippen LogP contribution in [0.25, 0.3) is 0 Å². The van der Waals surface area contributed by atoms with Crippen molar-refractivity contribution in [1.82, 2.24) is 9.80 Å². The molecule has 5 nitrogen and oxygen atoms in total. The van der Waals surface area contributed by atoms with Gasteiger partial charge < -0.3 is 4.90 Å². The predicted molar refractivity (Wildman–Crippen MR) is 83.2 cm³/mol. The molecule has 0 spiro atoms. The third-order valence-electron chi connectivity index (χ3n) is 3.86. The van der Waals surface area contributed by atoms with Crippen LogP contribution in [-0.2, 0) is 6.54 Å². The highest BCUT2D eigenvalue weighted by Crippen LogP contribution is 2.27. The van der Waals surface area contributed by atoms with Crippen LogP contribution in [0.5, 0.6) is 0 Å². The number of nitro groups is 1. The molecule has 1 aromatic carbocycles. The number of nitro benzene ring substituents is 1. The van der Waals surface area contributed by atoms with Gasteiger partial charge in [0.1, 0.15) is 0 Å². The van der Waals surface area contributed by atoms with Crippen molar-refractivity contribution in [3.63, 3.8) is 0 Å². The van der Waals surface area contributed by atoms with Crippen molar-refractivity contribution in [2.24, 2.45) is 0 Å². The minimum Gasteiger partial charge on any atom is -0.304 e. The molecule has 0 bridgehead atoms. The van der Waals surface area contributed by atoms with Crippen molar-refractivity contribution in [3.8, 4) is 0 Å². The highest BCUT2D eigenvalue weighted by Gasteiger charge is 2.34. The summed E-state index contributed by atoms with van der Waals surface area (Å²) in [6, 6.07) is 7.54. The lowest BCUT2D eigenvalue weighted by Gasteiger charge is -2.23. The Morgan fingerprint density at radius 3 is 2.65 bits per heavy atom. The van der Waals surface area contributed by atoms with E-state index >= 15 is 0 Å². The van der Waals surface area contributed by atoms with Crippen LogP contribution in [0.2, 0.25) is 0 Å². The van der Waals surface area contributed by atoms with Crippen molar-refractivity contribution >= 4 is 17.4 Å². The SMILES string of the molecule is CSC1CN(Cc2ccccc2[N+](=O)[O-])CC1N(C)C. The molecular formula is C14H21N3O2S. The molecule has 110 valence electrons. The van der Waals surface area contributed by atoms with Crippen LogP contribution < -0.4 is 0 Å². The first kappa shape index (κ1) is 15.3. The quantitative estimate of drug-likeness (QED) is 0.615. The fraction of sp³-hybridized carbons (Fsp3) is 0.571. The second-order valence-electron chi connectivity index (χ2n) is 5.39. The molecule has 0 N–H and O–H groups in total. The first-order valence-electron chi connectivity index (χ1n) is 6.66. The Balaban J connectivity index is 2.10. The van der Waals surface area contributed by atoms with E-state index in [0.29, 0.717) is 17.8 Å². The first-order valence-corrected chi connectivity index (χ1v) is 7.95. The van der Waals surface area contributed by atoms with Crippen LogP contribution in [0.1, 0.15) is 5.56 Å². The molecule has 0 radical (unpaired) electrons. The van der Waals surface area contributed by atoms with Gasteiger partial charge in [0, 0.05) is 42.6 Å². The topological polar surface area (TPSA) is 49.6 Å². The molecule has 0 aromatic heterocycles. The highest BCUT2D eigenvalue weighted by atomic mass is 32.2. The van der Waals surface area contributed by atoms with Crippen LogP contribution in [0.4, 0.5) is 5.69 Å². The second kappa shape index (κ2) is 6.56. The van der Waals surface area contributed by atoms with Gasteiger partial charge in [0.15, 0.2) is 0 Å². The molecule has 1 aliphatic heterocycles. The molecule has 1 heterocycles. The maximum Gasteiger partial charge on any atom is 0.273 e. The van der Waals surface area contributed by atoms with Gasteiger partial charge in [-0.3, -0.25) is 15.0 Å². The van der Waals surface area contributed by atoms with Crippen molar-refractivity contribution in [1.29, 1.82) is 0 Å². The number of hydrogen-bond donors (Lipinski definition) is 0. The summed E-state index contributed by atoms with van der Waals surface area (Å²) >= 11 is 1.88. The van der Waals surface area contributed by atoms with Crippen molar-refractivity contribution in [3.05, 3.63) is 39.9 Å². The molecule has 2 unspecified atom stereocenters. The van der Waals surface area contributed by atoms with E-state index in [0.717, 1.165) is 18.7 Å². The van der Waals surface area contributed by atoms with Gasteiger partial charge in [-0.25, -0.2) is 0 Å². The molecule has 2 rings (SSSR count). The smallest absolute Gasteiger partial charge is 0.273 e.